The molecule has 21 heavy (non-hydrogen) atoms. The molecule has 1 aromatic rings. The van der Waals surface area contributed by atoms with E-state index in [1.807, 2.05) is 31.2 Å². The van der Waals surface area contributed by atoms with E-state index >= 15 is 0 Å². The zero-order chi connectivity index (χ0) is 15.9. The Kier molecular flexibility index (Phi) is 6.85. The first-order chi connectivity index (χ1) is 9.78. The fourth-order valence-electron chi connectivity index (χ4n) is 1.91. The van der Waals surface area contributed by atoms with Gasteiger partial charge in [0.1, 0.15) is 5.75 Å². The molecule has 0 bridgehead atoms. The van der Waals surface area contributed by atoms with Gasteiger partial charge in [0.15, 0.2) is 0 Å². The third-order valence-electron chi connectivity index (χ3n) is 2.96. The monoisotopic (exact) mass is 303 g/mol. The minimum Gasteiger partial charge on any atom is -0.491 e. The Morgan fingerprint density at radius 3 is 2.43 bits per heavy atom. The first kappa shape index (κ1) is 17.7. The molecule has 2 nitrogen and oxygen atoms in total. The maximum absolute atomic E-state index is 12.1. The van der Waals surface area contributed by atoms with Crippen LogP contribution in [0.5, 0.6) is 5.75 Å². The van der Waals surface area contributed by atoms with Crippen LogP contribution in [0.1, 0.15) is 40.0 Å². The van der Waals surface area contributed by atoms with Crippen LogP contribution >= 0.6 is 0 Å². The summed E-state index contributed by atoms with van der Waals surface area (Å²) in [5.41, 5.74) is 0.831. The number of halogens is 3. The Morgan fingerprint density at radius 2 is 1.81 bits per heavy atom. The van der Waals surface area contributed by atoms with Gasteiger partial charge in [-0.2, -0.15) is 13.2 Å². The molecule has 0 aromatic heterocycles. The second-order valence-electron chi connectivity index (χ2n) is 5.75. The van der Waals surface area contributed by atoms with E-state index in [0.29, 0.717) is 18.9 Å². The van der Waals surface area contributed by atoms with E-state index < -0.39 is 12.6 Å². The van der Waals surface area contributed by atoms with Gasteiger partial charge in [-0.3, -0.25) is 0 Å². The molecule has 120 valence electrons. The van der Waals surface area contributed by atoms with Gasteiger partial charge in [-0.15, -0.1) is 0 Å². The summed E-state index contributed by atoms with van der Waals surface area (Å²) in [6.45, 7) is 6.63. The number of nitrogens with one attached hydrogen (secondary N) is 1. The van der Waals surface area contributed by atoms with Crippen molar-refractivity contribution < 1.29 is 17.9 Å². The van der Waals surface area contributed by atoms with Crippen LogP contribution in [-0.4, -0.2) is 18.8 Å². The van der Waals surface area contributed by atoms with Crippen molar-refractivity contribution in [2.45, 2.75) is 52.3 Å². The third-order valence-corrected chi connectivity index (χ3v) is 2.96. The predicted octanol–water partition coefficient (Wildman–Crippen LogP) is 5.25. The van der Waals surface area contributed by atoms with Gasteiger partial charge in [-0.1, -0.05) is 26.0 Å². The van der Waals surface area contributed by atoms with Crippen LogP contribution in [0.25, 0.3) is 0 Å². The minimum atomic E-state index is -4.07. The molecule has 0 radical (unpaired) electrons. The summed E-state index contributed by atoms with van der Waals surface area (Å²) < 4.78 is 42.1. The number of para-hydroxylation sites is 2. The van der Waals surface area contributed by atoms with Crippen molar-refractivity contribution in [2.24, 2.45) is 5.92 Å². The Bertz CT molecular complexity index is 418. The molecular formula is C16H24F3NO. The quantitative estimate of drug-likeness (QED) is 0.707. The van der Waals surface area contributed by atoms with Crippen molar-refractivity contribution in [1.82, 2.24) is 0 Å². The van der Waals surface area contributed by atoms with Crippen LogP contribution in [0.4, 0.5) is 18.9 Å². The maximum Gasteiger partial charge on any atom is 0.389 e. The minimum absolute atomic E-state index is 0.0313. The molecule has 1 atom stereocenters. The summed E-state index contributed by atoms with van der Waals surface area (Å²) in [5, 5.41) is 3.23. The average Bonchev–Trinajstić information content (AvgIpc) is 2.36. The van der Waals surface area contributed by atoms with Gasteiger partial charge in [0.25, 0.3) is 0 Å². The highest BCUT2D eigenvalue weighted by Crippen LogP contribution is 2.27. The second-order valence-corrected chi connectivity index (χ2v) is 5.75. The summed E-state index contributed by atoms with van der Waals surface area (Å²) in [4.78, 5) is 0. The molecule has 5 heteroatoms. The zero-order valence-corrected chi connectivity index (χ0v) is 12.8. The van der Waals surface area contributed by atoms with Crippen LogP contribution in [0.3, 0.4) is 0 Å². The van der Waals surface area contributed by atoms with Gasteiger partial charge in [-0.05, 0) is 37.8 Å². The highest BCUT2D eigenvalue weighted by molar-refractivity contribution is 5.56. The van der Waals surface area contributed by atoms with E-state index in [-0.39, 0.29) is 12.5 Å². The topological polar surface area (TPSA) is 21.3 Å². The lowest BCUT2D eigenvalue weighted by atomic mass is 10.1. The third kappa shape index (κ3) is 7.83. The van der Waals surface area contributed by atoms with E-state index in [9.17, 15) is 13.2 Å². The van der Waals surface area contributed by atoms with Crippen molar-refractivity contribution in [3.63, 3.8) is 0 Å². The first-order valence-electron chi connectivity index (χ1n) is 7.33. The number of rotatable bonds is 8. The number of hydrogen-bond donors (Lipinski definition) is 1. The maximum atomic E-state index is 12.1. The fraction of sp³-hybridized carbons (Fsp3) is 0.625. The summed E-state index contributed by atoms with van der Waals surface area (Å²) >= 11 is 0. The normalized spacial score (nSPS) is 13.3. The van der Waals surface area contributed by atoms with Crippen LogP contribution in [0.15, 0.2) is 24.3 Å². The summed E-state index contributed by atoms with van der Waals surface area (Å²) in [6, 6.07) is 7.49. The van der Waals surface area contributed by atoms with Gasteiger partial charge in [-0.25, -0.2) is 0 Å². The molecule has 1 N–H and O–H groups in total. The van der Waals surface area contributed by atoms with E-state index in [2.05, 4.69) is 19.2 Å². The van der Waals surface area contributed by atoms with E-state index in [1.165, 1.54) is 0 Å². The van der Waals surface area contributed by atoms with Crippen LogP contribution < -0.4 is 10.1 Å². The predicted molar refractivity (Wildman–Crippen MR) is 79.8 cm³/mol. The second kappa shape index (κ2) is 8.15. The Morgan fingerprint density at radius 1 is 1.14 bits per heavy atom. The lowest BCUT2D eigenvalue weighted by Crippen LogP contribution is -2.17. The molecule has 0 amide bonds. The van der Waals surface area contributed by atoms with E-state index in [1.54, 1.807) is 0 Å². The lowest BCUT2D eigenvalue weighted by Gasteiger charge is -2.19. The van der Waals surface area contributed by atoms with Crippen molar-refractivity contribution >= 4 is 5.69 Å². The van der Waals surface area contributed by atoms with Crippen LogP contribution in [-0.2, 0) is 0 Å². The molecule has 0 spiro atoms. The summed E-state index contributed by atoms with van der Waals surface area (Å²) in [6.07, 6.45) is -4.20. The average molecular weight is 303 g/mol. The summed E-state index contributed by atoms with van der Waals surface area (Å²) in [7, 11) is 0. The van der Waals surface area contributed by atoms with Crippen molar-refractivity contribution in [3.05, 3.63) is 24.3 Å². The highest BCUT2D eigenvalue weighted by Gasteiger charge is 2.26. The van der Waals surface area contributed by atoms with E-state index in [4.69, 9.17) is 4.74 Å². The molecule has 0 fully saturated rings. The molecule has 1 aromatic carbocycles. The molecule has 0 heterocycles. The van der Waals surface area contributed by atoms with Crippen molar-refractivity contribution in [3.8, 4) is 5.75 Å². The Labute approximate surface area is 124 Å². The zero-order valence-electron chi connectivity index (χ0n) is 12.8. The first-order valence-corrected chi connectivity index (χ1v) is 7.33. The molecule has 0 aliphatic carbocycles. The Hall–Kier alpha value is -1.39. The highest BCUT2D eigenvalue weighted by atomic mass is 19.4. The largest absolute Gasteiger partial charge is 0.491 e. The van der Waals surface area contributed by atoms with Crippen molar-refractivity contribution in [2.75, 3.05) is 11.9 Å². The van der Waals surface area contributed by atoms with Gasteiger partial charge in [0, 0.05) is 12.5 Å². The molecule has 0 aliphatic heterocycles. The van der Waals surface area contributed by atoms with Gasteiger partial charge < -0.3 is 10.1 Å². The standard InChI is InChI=1S/C16H24F3NO/c1-12(2)11-21-15-9-5-4-8-14(15)20-13(3)7-6-10-16(17,18)19/h4-5,8-9,12-13,20H,6-7,10-11H2,1-3H3. The lowest BCUT2D eigenvalue weighted by molar-refractivity contribution is -0.135. The molecular weight excluding hydrogens is 279 g/mol. The van der Waals surface area contributed by atoms with Gasteiger partial charge in [0.05, 0.1) is 12.3 Å². The molecule has 0 aliphatic rings. The van der Waals surface area contributed by atoms with Crippen LogP contribution in [0, 0.1) is 5.92 Å². The van der Waals surface area contributed by atoms with Gasteiger partial charge >= 0.3 is 6.18 Å². The van der Waals surface area contributed by atoms with Crippen molar-refractivity contribution in [1.29, 1.82) is 0 Å². The molecule has 0 saturated carbocycles. The number of anilines is 1. The Balaban J connectivity index is 2.49. The number of hydrogen-bond acceptors (Lipinski definition) is 2. The van der Waals surface area contributed by atoms with Gasteiger partial charge in [0.2, 0.25) is 0 Å². The van der Waals surface area contributed by atoms with Crippen LogP contribution in [0.2, 0.25) is 0 Å². The van der Waals surface area contributed by atoms with E-state index in [0.717, 1.165) is 11.4 Å². The number of ether oxygens (including phenoxy) is 1. The molecule has 0 saturated heterocycles. The number of alkyl halides is 3. The number of benzene rings is 1. The molecule has 1 unspecified atom stereocenters. The molecule has 1 rings (SSSR count). The smallest absolute Gasteiger partial charge is 0.389 e. The SMILES string of the molecule is CC(C)COc1ccccc1NC(C)CCCC(F)(F)F. The fourth-order valence-corrected chi connectivity index (χ4v) is 1.91. The summed E-state index contributed by atoms with van der Waals surface area (Å²) in [5.74, 6) is 1.16.